The molecule has 1 aromatic heterocycles. The number of carbonyl (C=O) groups is 2. The van der Waals surface area contributed by atoms with Gasteiger partial charge in [0.2, 0.25) is 0 Å². The van der Waals surface area contributed by atoms with Crippen LogP contribution in [0, 0.1) is 6.92 Å². The number of aryl methyl sites for hydroxylation is 2. The second kappa shape index (κ2) is 12.2. The van der Waals surface area contributed by atoms with Gasteiger partial charge in [-0.25, -0.2) is 0 Å². The summed E-state index contributed by atoms with van der Waals surface area (Å²) in [6.45, 7) is 8.08. The van der Waals surface area contributed by atoms with E-state index in [9.17, 15) is 9.59 Å². The number of nitrogens with one attached hydrogen (secondary N) is 1. The molecule has 0 aliphatic rings. The number of hydrogen-bond donors (Lipinski definition) is 1. The molecular formula is C22H25Cl2NO3. The van der Waals surface area contributed by atoms with Crippen molar-refractivity contribution in [1.29, 1.82) is 0 Å². The zero-order valence-corrected chi connectivity index (χ0v) is 18.0. The maximum absolute atomic E-state index is 9.76. The highest BCUT2D eigenvalue weighted by Gasteiger charge is 2.09. The number of benzene rings is 2. The van der Waals surface area contributed by atoms with Crippen molar-refractivity contribution in [3.63, 3.8) is 0 Å². The number of rotatable bonds is 4. The summed E-state index contributed by atoms with van der Waals surface area (Å²) in [6.07, 6.45) is 0.981. The Morgan fingerprint density at radius 2 is 1.75 bits per heavy atom. The molecule has 0 bridgehead atoms. The van der Waals surface area contributed by atoms with Gasteiger partial charge in [-0.15, -0.1) is 0 Å². The zero-order valence-electron chi connectivity index (χ0n) is 16.5. The number of ketones is 1. The fraction of sp³-hybridized carbons (Fsp3) is 0.273. The minimum Gasteiger partial charge on any atom is -0.463 e. The number of hydrogen-bond acceptors (Lipinski definition) is 3. The number of H-pyrrole nitrogens is 1. The van der Waals surface area contributed by atoms with Crippen LogP contribution in [0.3, 0.4) is 0 Å². The molecule has 4 nitrogen and oxygen atoms in total. The first-order valence-electron chi connectivity index (χ1n) is 8.82. The predicted octanol–water partition coefficient (Wildman–Crippen LogP) is 6.30. The van der Waals surface area contributed by atoms with E-state index in [-0.39, 0.29) is 5.78 Å². The second-order valence-corrected chi connectivity index (χ2v) is 7.04. The molecule has 0 fully saturated rings. The molecule has 0 saturated carbocycles. The zero-order chi connectivity index (χ0) is 21.1. The van der Waals surface area contributed by atoms with E-state index in [4.69, 9.17) is 23.2 Å². The highest BCUT2D eigenvalue weighted by atomic mass is 35.5. The molecule has 28 heavy (non-hydrogen) atoms. The maximum atomic E-state index is 9.76. The van der Waals surface area contributed by atoms with Gasteiger partial charge in [0.1, 0.15) is 12.4 Å². The minimum absolute atomic E-state index is 0.167. The highest BCUT2D eigenvalue weighted by Crippen LogP contribution is 2.31. The molecule has 0 spiro atoms. The van der Waals surface area contributed by atoms with Crippen molar-refractivity contribution in [1.82, 2.24) is 4.98 Å². The van der Waals surface area contributed by atoms with Gasteiger partial charge in [0.25, 0.3) is 6.47 Å². The lowest BCUT2D eigenvalue weighted by atomic mass is 10.1. The van der Waals surface area contributed by atoms with Gasteiger partial charge >= 0.3 is 0 Å². The number of halogens is 2. The molecule has 3 aromatic rings. The molecular weight excluding hydrogens is 397 g/mol. The maximum Gasteiger partial charge on any atom is 0.293 e. The minimum atomic E-state index is 0.167. The summed E-state index contributed by atoms with van der Waals surface area (Å²) in [6, 6.07) is 13.3. The van der Waals surface area contributed by atoms with Gasteiger partial charge in [-0.2, -0.15) is 0 Å². The lowest BCUT2D eigenvalue weighted by molar-refractivity contribution is -0.129. The lowest BCUT2D eigenvalue weighted by Crippen LogP contribution is -1.88. The topological polar surface area (TPSA) is 59.2 Å². The third-order valence-corrected chi connectivity index (χ3v) is 4.22. The van der Waals surface area contributed by atoms with Crippen LogP contribution in [0.5, 0.6) is 0 Å². The van der Waals surface area contributed by atoms with Crippen molar-refractivity contribution in [3.05, 3.63) is 69.3 Å². The average Bonchev–Trinajstić information content (AvgIpc) is 2.97. The van der Waals surface area contributed by atoms with E-state index < -0.39 is 0 Å². The molecule has 0 saturated heterocycles. The van der Waals surface area contributed by atoms with Gasteiger partial charge in [-0.05, 0) is 50.5 Å². The molecule has 1 N–H and O–H groups in total. The number of ether oxygens (including phenoxy) is 1. The molecule has 150 valence electrons. The Morgan fingerprint density at radius 3 is 2.29 bits per heavy atom. The smallest absolute Gasteiger partial charge is 0.293 e. The van der Waals surface area contributed by atoms with E-state index in [1.165, 1.54) is 25.1 Å². The normalized spacial score (nSPS) is 9.64. The summed E-state index contributed by atoms with van der Waals surface area (Å²) in [4.78, 5) is 22.5. The quantitative estimate of drug-likeness (QED) is 0.502. The Balaban J connectivity index is 0.000000245. The number of Topliss-reactive ketones (excluding diaryl/α,β-unsaturated/α-hetero) is 1. The van der Waals surface area contributed by atoms with Crippen molar-refractivity contribution in [3.8, 4) is 0 Å². The largest absolute Gasteiger partial charge is 0.463 e. The molecule has 0 aliphatic heterocycles. The van der Waals surface area contributed by atoms with E-state index in [0.29, 0.717) is 23.1 Å². The predicted molar refractivity (Wildman–Crippen MR) is 116 cm³/mol. The van der Waals surface area contributed by atoms with Crippen molar-refractivity contribution >= 4 is 46.4 Å². The summed E-state index contributed by atoms with van der Waals surface area (Å²) in [7, 11) is 0. The van der Waals surface area contributed by atoms with Crippen LogP contribution in [0.4, 0.5) is 0 Å². The summed E-state index contributed by atoms with van der Waals surface area (Å²) in [5.41, 5.74) is 4.47. The monoisotopic (exact) mass is 421 g/mol. The second-order valence-electron chi connectivity index (χ2n) is 6.19. The van der Waals surface area contributed by atoms with Gasteiger partial charge in [0.15, 0.2) is 0 Å². The van der Waals surface area contributed by atoms with Gasteiger partial charge in [0, 0.05) is 16.1 Å². The van der Waals surface area contributed by atoms with E-state index in [1.807, 2.05) is 36.4 Å². The van der Waals surface area contributed by atoms with Crippen molar-refractivity contribution < 1.29 is 14.3 Å². The molecule has 2 aromatic carbocycles. The van der Waals surface area contributed by atoms with Gasteiger partial charge in [-0.3, -0.25) is 4.79 Å². The van der Waals surface area contributed by atoms with Gasteiger partial charge < -0.3 is 14.5 Å². The molecule has 0 amide bonds. The van der Waals surface area contributed by atoms with E-state index in [1.54, 1.807) is 6.07 Å². The molecule has 6 heteroatoms. The average molecular weight is 422 g/mol. The molecule has 3 rings (SSSR count). The number of aromatic nitrogens is 1. The summed E-state index contributed by atoms with van der Waals surface area (Å²) < 4.78 is 4.54. The Hall–Kier alpha value is -2.30. The first kappa shape index (κ1) is 23.7. The van der Waals surface area contributed by atoms with E-state index >= 15 is 0 Å². The van der Waals surface area contributed by atoms with Crippen molar-refractivity contribution in [2.75, 3.05) is 0 Å². The molecule has 0 atom stereocenters. The molecule has 0 aliphatic carbocycles. The molecule has 1 heterocycles. The van der Waals surface area contributed by atoms with Crippen molar-refractivity contribution in [2.45, 2.75) is 40.7 Å². The van der Waals surface area contributed by atoms with Crippen LogP contribution in [0.15, 0.2) is 42.5 Å². The Kier molecular flexibility index (Phi) is 10.4. The first-order valence-corrected chi connectivity index (χ1v) is 9.58. The van der Waals surface area contributed by atoms with Crippen LogP contribution in [-0.4, -0.2) is 17.2 Å². The number of aromatic amines is 1. The van der Waals surface area contributed by atoms with Crippen LogP contribution in [0.25, 0.3) is 10.9 Å². The third-order valence-electron chi connectivity index (χ3n) is 3.70. The fourth-order valence-electron chi connectivity index (χ4n) is 2.46. The van der Waals surface area contributed by atoms with E-state index in [2.05, 4.69) is 23.6 Å². The van der Waals surface area contributed by atoms with Crippen LogP contribution < -0.4 is 0 Å². The third kappa shape index (κ3) is 7.75. The molecule has 0 radical (unpaired) electrons. The summed E-state index contributed by atoms with van der Waals surface area (Å²) >= 11 is 12.0. The van der Waals surface area contributed by atoms with E-state index in [0.717, 1.165) is 22.9 Å². The van der Waals surface area contributed by atoms with Gasteiger partial charge in [0.05, 0.1) is 10.5 Å². The summed E-state index contributed by atoms with van der Waals surface area (Å²) in [5, 5.41) is 2.50. The molecule has 0 unspecified atom stereocenters. The van der Waals surface area contributed by atoms with Crippen LogP contribution >= 0.6 is 23.2 Å². The Morgan fingerprint density at radius 1 is 1.14 bits per heavy atom. The lowest BCUT2D eigenvalue weighted by Gasteiger charge is -1.96. The summed E-state index contributed by atoms with van der Waals surface area (Å²) in [5.74, 6) is 0.167. The van der Waals surface area contributed by atoms with Crippen molar-refractivity contribution in [2.24, 2.45) is 0 Å². The number of fused-ring (bicyclic) bond motifs is 1. The first-order chi connectivity index (χ1) is 13.3. The van der Waals surface area contributed by atoms with Crippen LogP contribution in [0.2, 0.25) is 10.0 Å². The Labute approximate surface area is 175 Å². The SMILES string of the molecule is CC(C)=O.CCc1[nH]c2c(Cl)cc(Cl)cc2c1C.O=COCc1ccccc1. The van der Waals surface area contributed by atoms with Gasteiger partial charge in [-0.1, -0.05) is 60.5 Å². The Bertz CT molecular complexity index is 901. The fourth-order valence-corrected chi connectivity index (χ4v) is 3.00. The van der Waals surface area contributed by atoms with Crippen LogP contribution in [-0.2, 0) is 27.4 Å². The van der Waals surface area contributed by atoms with Crippen LogP contribution in [0.1, 0.15) is 37.6 Å². The standard InChI is InChI=1S/C11H11Cl2N.C8H8O2.C3H6O/c1-3-10-6(2)8-4-7(12)5-9(13)11(8)14-10;9-7-10-6-8-4-2-1-3-5-8;1-3(2)4/h4-5,14H,3H2,1-2H3;1-5,7H,6H2;1-2H3. The number of carbonyl (C=O) groups excluding carboxylic acids is 2. The highest BCUT2D eigenvalue weighted by molar-refractivity contribution is 6.38.